The fraction of sp³-hybridized carbons (Fsp3) is 0.459. The summed E-state index contributed by atoms with van der Waals surface area (Å²) in [5.74, 6) is 0.998. The Bertz CT molecular complexity index is 1320. The van der Waals surface area contributed by atoms with Crippen molar-refractivity contribution in [1.82, 2.24) is 14.7 Å². The van der Waals surface area contributed by atoms with Gasteiger partial charge in [-0.05, 0) is 74.1 Å². The Balaban J connectivity index is 1.20. The van der Waals surface area contributed by atoms with Crippen LogP contribution < -0.4 is 0 Å². The topological polar surface area (TPSA) is 53.1 Å². The molecule has 0 bridgehead atoms. The van der Waals surface area contributed by atoms with Crippen molar-refractivity contribution < 1.29 is 14.3 Å². The summed E-state index contributed by atoms with van der Waals surface area (Å²) in [6.07, 6.45) is 4.61. The first-order chi connectivity index (χ1) is 20.9. The maximum atomic E-state index is 13.4. The fourth-order valence-electron chi connectivity index (χ4n) is 7.08. The molecule has 1 saturated heterocycles. The number of amides is 2. The Morgan fingerprint density at radius 2 is 1.58 bits per heavy atom. The highest BCUT2D eigenvalue weighted by Gasteiger charge is 2.40. The second-order valence-electron chi connectivity index (χ2n) is 12.5. The van der Waals surface area contributed by atoms with Gasteiger partial charge in [0.1, 0.15) is 6.61 Å². The first-order valence-electron chi connectivity index (χ1n) is 16.0. The number of carbonyl (C=O) groups excluding carboxylic acids is 2. The highest BCUT2D eigenvalue weighted by molar-refractivity contribution is 5.94. The number of hydrogen-bond donors (Lipinski definition) is 0. The zero-order chi connectivity index (χ0) is 30.2. The maximum absolute atomic E-state index is 13.4. The number of hydrogen-bond acceptors (Lipinski definition) is 4. The van der Waals surface area contributed by atoms with Crippen LogP contribution in [0.5, 0.6) is 0 Å². The molecule has 2 aliphatic rings. The van der Waals surface area contributed by atoms with E-state index in [2.05, 4.69) is 42.2 Å². The molecule has 1 saturated carbocycles. The van der Waals surface area contributed by atoms with Gasteiger partial charge in [0.15, 0.2) is 0 Å². The molecule has 2 amide bonds. The quantitative estimate of drug-likeness (QED) is 0.255. The summed E-state index contributed by atoms with van der Waals surface area (Å²) in [5.41, 5.74) is 4.26. The third-order valence-corrected chi connectivity index (χ3v) is 9.43. The van der Waals surface area contributed by atoms with E-state index in [1.54, 1.807) is 0 Å². The van der Waals surface area contributed by atoms with Crippen LogP contribution in [0.1, 0.15) is 72.0 Å². The number of piperidine rings is 1. The molecule has 0 spiro atoms. The van der Waals surface area contributed by atoms with Crippen LogP contribution >= 0.6 is 0 Å². The largest absolute Gasteiger partial charge is 0.445 e. The molecule has 1 aliphatic carbocycles. The van der Waals surface area contributed by atoms with Crippen LogP contribution in [0, 0.1) is 12.8 Å². The van der Waals surface area contributed by atoms with E-state index < -0.39 is 0 Å². The number of ether oxygens (including phenoxy) is 1. The van der Waals surface area contributed by atoms with Gasteiger partial charge in [-0.25, -0.2) is 4.79 Å². The Labute approximate surface area is 257 Å². The lowest BCUT2D eigenvalue weighted by atomic mass is 9.88. The zero-order valence-corrected chi connectivity index (χ0v) is 26.0. The van der Waals surface area contributed by atoms with E-state index >= 15 is 0 Å². The molecule has 1 heterocycles. The number of benzene rings is 3. The van der Waals surface area contributed by atoms with Crippen molar-refractivity contribution >= 4 is 12.0 Å². The lowest BCUT2D eigenvalue weighted by Crippen LogP contribution is -2.48. The third-order valence-electron chi connectivity index (χ3n) is 9.43. The van der Waals surface area contributed by atoms with Gasteiger partial charge in [-0.15, -0.1) is 0 Å². The first kappa shape index (κ1) is 30.8. The standard InChI is InChI=1S/C37H47N3O3/c1-4-20-40(37(42)43-27-29-13-7-5-8-14-29)33-18-21-39(22-19-33)26-32-24-34(25-35(32)30-15-9-6-10-16-30)38(3)36(41)31-17-11-12-28(2)23-31/h5-17,23,32-35H,4,18-22,24-27H2,1-3H3. The van der Waals surface area contributed by atoms with Gasteiger partial charge >= 0.3 is 6.09 Å². The second-order valence-corrected chi connectivity index (χ2v) is 12.5. The molecule has 2 fully saturated rings. The minimum atomic E-state index is -0.201. The summed E-state index contributed by atoms with van der Waals surface area (Å²) < 4.78 is 5.73. The Hall–Kier alpha value is -3.64. The highest BCUT2D eigenvalue weighted by atomic mass is 16.6. The van der Waals surface area contributed by atoms with Gasteiger partial charge in [-0.1, -0.05) is 85.3 Å². The predicted octanol–water partition coefficient (Wildman–Crippen LogP) is 7.14. The molecule has 3 atom stereocenters. The van der Waals surface area contributed by atoms with Crippen LogP contribution in [-0.4, -0.2) is 72.0 Å². The van der Waals surface area contributed by atoms with Crippen molar-refractivity contribution in [1.29, 1.82) is 0 Å². The van der Waals surface area contributed by atoms with E-state index in [-0.39, 0.29) is 24.1 Å². The van der Waals surface area contributed by atoms with Crippen molar-refractivity contribution in [3.8, 4) is 0 Å². The molecule has 6 nitrogen and oxygen atoms in total. The molecular formula is C37H47N3O3. The smallest absolute Gasteiger partial charge is 0.410 e. The van der Waals surface area contributed by atoms with Gasteiger partial charge < -0.3 is 19.4 Å². The van der Waals surface area contributed by atoms with Crippen molar-refractivity contribution in [2.75, 3.05) is 33.2 Å². The lowest BCUT2D eigenvalue weighted by Gasteiger charge is -2.39. The van der Waals surface area contributed by atoms with E-state index in [0.29, 0.717) is 18.4 Å². The summed E-state index contributed by atoms with van der Waals surface area (Å²) in [6.45, 7) is 8.14. The van der Waals surface area contributed by atoms with E-state index in [9.17, 15) is 9.59 Å². The van der Waals surface area contributed by atoms with Crippen LogP contribution in [0.4, 0.5) is 4.79 Å². The molecule has 6 heteroatoms. The van der Waals surface area contributed by atoms with Gasteiger partial charge in [0.05, 0.1) is 0 Å². The molecule has 0 aromatic heterocycles. The Morgan fingerprint density at radius 3 is 2.26 bits per heavy atom. The first-order valence-corrected chi connectivity index (χ1v) is 16.0. The summed E-state index contributed by atoms with van der Waals surface area (Å²) in [4.78, 5) is 33.1. The van der Waals surface area contributed by atoms with Crippen molar-refractivity contribution in [3.05, 3.63) is 107 Å². The molecule has 3 unspecified atom stereocenters. The van der Waals surface area contributed by atoms with Crippen molar-refractivity contribution in [3.63, 3.8) is 0 Å². The molecule has 3 aromatic carbocycles. The van der Waals surface area contributed by atoms with Gasteiger partial charge in [-0.2, -0.15) is 0 Å². The SMILES string of the molecule is CCCN(C(=O)OCc1ccccc1)C1CCN(CC2CC(N(C)C(=O)c3cccc(C)c3)CC2c2ccccc2)CC1. The summed E-state index contributed by atoms with van der Waals surface area (Å²) >= 11 is 0. The molecule has 43 heavy (non-hydrogen) atoms. The van der Waals surface area contributed by atoms with Crippen LogP contribution in [0.25, 0.3) is 0 Å². The minimum Gasteiger partial charge on any atom is -0.445 e. The molecule has 3 aromatic rings. The Morgan fingerprint density at radius 1 is 0.884 bits per heavy atom. The number of rotatable bonds is 10. The van der Waals surface area contributed by atoms with E-state index in [1.165, 1.54) is 5.56 Å². The average molecular weight is 582 g/mol. The average Bonchev–Trinajstić information content (AvgIpc) is 3.47. The maximum Gasteiger partial charge on any atom is 0.410 e. The monoisotopic (exact) mass is 581 g/mol. The number of carbonyl (C=O) groups is 2. The zero-order valence-electron chi connectivity index (χ0n) is 26.0. The van der Waals surface area contributed by atoms with Crippen molar-refractivity contribution in [2.24, 2.45) is 5.92 Å². The normalized spacial score (nSPS) is 21.0. The number of likely N-dealkylation sites (tertiary alicyclic amines) is 1. The van der Waals surface area contributed by atoms with Gasteiger partial charge in [0.25, 0.3) is 5.91 Å². The van der Waals surface area contributed by atoms with E-state index in [4.69, 9.17) is 4.74 Å². The van der Waals surface area contributed by atoms with Crippen LogP contribution in [0.15, 0.2) is 84.9 Å². The fourth-order valence-corrected chi connectivity index (χ4v) is 7.08. The Kier molecular flexibility index (Phi) is 10.5. The van der Waals surface area contributed by atoms with Crippen LogP contribution in [0.3, 0.4) is 0 Å². The third kappa shape index (κ3) is 7.85. The summed E-state index contributed by atoms with van der Waals surface area (Å²) in [6, 6.07) is 29.1. The van der Waals surface area contributed by atoms with Crippen LogP contribution in [0.2, 0.25) is 0 Å². The second kappa shape index (κ2) is 14.7. The number of aryl methyl sites for hydroxylation is 1. The lowest BCUT2D eigenvalue weighted by molar-refractivity contribution is 0.0572. The molecule has 5 rings (SSSR count). The summed E-state index contributed by atoms with van der Waals surface area (Å²) in [5, 5.41) is 0. The van der Waals surface area contributed by atoms with Gasteiger partial charge in [-0.3, -0.25) is 4.79 Å². The minimum absolute atomic E-state index is 0.108. The molecule has 228 valence electrons. The van der Waals surface area contributed by atoms with Gasteiger partial charge in [0, 0.05) is 50.9 Å². The van der Waals surface area contributed by atoms with Crippen LogP contribution in [-0.2, 0) is 11.3 Å². The van der Waals surface area contributed by atoms with E-state index in [1.807, 2.05) is 78.4 Å². The molecular weight excluding hydrogens is 534 g/mol. The number of nitrogens with zero attached hydrogens (tertiary/aromatic N) is 3. The van der Waals surface area contributed by atoms with Gasteiger partial charge in [0.2, 0.25) is 0 Å². The molecule has 0 N–H and O–H groups in total. The van der Waals surface area contributed by atoms with E-state index in [0.717, 1.165) is 75.0 Å². The predicted molar refractivity (Wildman–Crippen MR) is 172 cm³/mol. The highest BCUT2D eigenvalue weighted by Crippen LogP contribution is 2.42. The summed E-state index contributed by atoms with van der Waals surface area (Å²) in [7, 11) is 1.98. The molecule has 1 aliphatic heterocycles. The van der Waals surface area contributed by atoms with Crippen molar-refractivity contribution in [2.45, 2.75) is 70.6 Å². The molecule has 0 radical (unpaired) electrons.